The van der Waals surface area contributed by atoms with E-state index in [-0.39, 0.29) is 6.61 Å². The molecule has 0 spiro atoms. The molecule has 0 bridgehead atoms. The van der Waals surface area contributed by atoms with Gasteiger partial charge in [-0.25, -0.2) is 0 Å². The Kier molecular flexibility index (Phi) is 7.88. The molecule has 2 fully saturated rings. The lowest BCUT2D eigenvalue weighted by molar-refractivity contribution is -0.358. The van der Waals surface area contributed by atoms with Gasteiger partial charge in [-0.15, -0.1) is 0 Å². The van der Waals surface area contributed by atoms with Gasteiger partial charge in [-0.3, -0.25) is 4.79 Å². The molecule has 12 heteroatoms. The van der Waals surface area contributed by atoms with Crippen LogP contribution in [0.2, 0.25) is 0 Å². The second kappa shape index (κ2) is 9.52. The van der Waals surface area contributed by atoms with Crippen LogP contribution in [0.15, 0.2) is 0 Å². The Morgan fingerprint density at radius 3 is 2.07 bits per heavy atom. The van der Waals surface area contributed by atoms with Crippen LogP contribution in [-0.2, 0) is 28.5 Å². The van der Waals surface area contributed by atoms with Gasteiger partial charge in [-0.2, -0.15) is 0 Å². The Labute approximate surface area is 154 Å². The summed E-state index contributed by atoms with van der Waals surface area (Å²) in [7, 11) is 1.24. The van der Waals surface area contributed by atoms with Crippen LogP contribution >= 0.6 is 0 Å². The maximum atomic E-state index is 11.0. The molecule has 2 aliphatic rings. The maximum Gasteiger partial charge on any atom is 0.302 e. The average Bonchev–Trinajstić information content (AvgIpc) is 2.64. The van der Waals surface area contributed by atoms with E-state index < -0.39 is 74.0 Å². The van der Waals surface area contributed by atoms with E-state index in [1.165, 1.54) is 14.0 Å². The van der Waals surface area contributed by atoms with Crippen LogP contribution in [-0.4, -0.2) is 118 Å². The lowest BCUT2D eigenvalue weighted by Gasteiger charge is -2.45. The topological polar surface area (TPSA) is 185 Å². The molecule has 0 unspecified atom stereocenters. The van der Waals surface area contributed by atoms with Gasteiger partial charge in [0, 0.05) is 14.0 Å². The number of hydrogen-bond donors (Lipinski definition) is 6. The summed E-state index contributed by atoms with van der Waals surface area (Å²) in [6.07, 6.45) is -14.6. The predicted molar refractivity (Wildman–Crippen MR) is 83.0 cm³/mol. The molecule has 2 rings (SSSR count). The van der Waals surface area contributed by atoms with Crippen LogP contribution in [0.4, 0.5) is 0 Å². The second-order valence-electron chi connectivity index (χ2n) is 6.36. The van der Waals surface area contributed by atoms with Crippen LogP contribution in [0.25, 0.3) is 0 Å². The fourth-order valence-electron chi connectivity index (χ4n) is 2.93. The summed E-state index contributed by atoms with van der Waals surface area (Å²) in [6.45, 7) is 0.150. The third-order valence-electron chi connectivity index (χ3n) is 4.46. The molecule has 0 aliphatic carbocycles. The van der Waals surface area contributed by atoms with Crippen molar-refractivity contribution < 1.29 is 59.1 Å². The van der Waals surface area contributed by atoms with Gasteiger partial charge in [-0.1, -0.05) is 0 Å². The van der Waals surface area contributed by atoms with Crippen molar-refractivity contribution in [3.8, 4) is 0 Å². The van der Waals surface area contributed by atoms with E-state index in [1.54, 1.807) is 0 Å². The number of rotatable bonds is 6. The second-order valence-corrected chi connectivity index (χ2v) is 6.36. The van der Waals surface area contributed by atoms with E-state index in [9.17, 15) is 35.4 Å². The highest BCUT2D eigenvalue weighted by molar-refractivity contribution is 5.65. The van der Waals surface area contributed by atoms with Crippen molar-refractivity contribution in [2.45, 2.75) is 68.3 Å². The first kappa shape index (κ1) is 22.4. The minimum Gasteiger partial charge on any atom is -0.463 e. The van der Waals surface area contributed by atoms with Crippen LogP contribution in [0.1, 0.15) is 6.92 Å². The molecular formula is C15H26O12. The Morgan fingerprint density at radius 1 is 0.889 bits per heavy atom. The Morgan fingerprint density at radius 2 is 1.52 bits per heavy atom. The number of carbonyl (C=O) groups is 1. The number of methoxy groups -OCH3 is 1. The van der Waals surface area contributed by atoms with Gasteiger partial charge in [0.25, 0.3) is 0 Å². The molecule has 10 atom stereocenters. The van der Waals surface area contributed by atoms with Gasteiger partial charge in [0.05, 0.1) is 6.61 Å². The SMILES string of the molecule is CO[C@H]1O[C@H](COC(C)=O)[C@H](O)[C@H](O[C@@H]2O[C@H](CO)[C@H](O)[C@H](O)[C@H]2O)[C@H]1O. The summed E-state index contributed by atoms with van der Waals surface area (Å²) in [6, 6.07) is 0. The van der Waals surface area contributed by atoms with Gasteiger partial charge in [-0.05, 0) is 0 Å². The first-order chi connectivity index (χ1) is 12.7. The zero-order valence-electron chi connectivity index (χ0n) is 14.8. The van der Waals surface area contributed by atoms with Gasteiger partial charge in [0.1, 0.15) is 55.4 Å². The van der Waals surface area contributed by atoms with Crippen LogP contribution in [0.5, 0.6) is 0 Å². The van der Waals surface area contributed by atoms with E-state index in [1.807, 2.05) is 0 Å². The highest BCUT2D eigenvalue weighted by atomic mass is 16.7. The van der Waals surface area contributed by atoms with Crippen molar-refractivity contribution in [2.75, 3.05) is 20.3 Å². The van der Waals surface area contributed by atoms with Crippen molar-refractivity contribution in [2.24, 2.45) is 0 Å². The van der Waals surface area contributed by atoms with E-state index in [4.69, 9.17) is 23.7 Å². The first-order valence-corrected chi connectivity index (χ1v) is 8.35. The third-order valence-corrected chi connectivity index (χ3v) is 4.46. The fourth-order valence-corrected chi connectivity index (χ4v) is 2.93. The molecule has 0 radical (unpaired) electrons. The molecular weight excluding hydrogens is 372 g/mol. The summed E-state index contributed by atoms with van der Waals surface area (Å²) < 4.78 is 25.8. The Hall–Kier alpha value is -0.930. The normalized spacial score (nSPS) is 45.5. The van der Waals surface area contributed by atoms with Crippen molar-refractivity contribution in [1.82, 2.24) is 0 Å². The molecule has 0 saturated carbocycles. The summed E-state index contributed by atoms with van der Waals surface area (Å²) >= 11 is 0. The standard InChI is InChI=1S/C15H26O12/c1-5(17)24-4-7-9(19)13(12(22)14(23-2)26-7)27-15-11(21)10(20)8(18)6(3-16)25-15/h6-16,18-22H,3-4H2,1-2H3/t6-,7-,8+,9+,10+,11-,12-,13+,14+,15+/m1/s1. The number of aliphatic hydroxyl groups is 6. The van der Waals surface area contributed by atoms with Crippen molar-refractivity contribution in [1.29, 1.82) is 0 Å². The smallest absolute Gasteiger partial charge is 0.302 e. The first-order valence-electron chi connectivity index (χ1n) is 8.35. The number of ether oxygens (including phenoxy) is 5. The van der Waals surface area contributed by atoms with Gasteiger partial charge >= 0.3 is 5.97 Å². The van der Waals surface area contributed by atoms with Crippen molar-refractivity contribution >= 4 is 5.97 Å². The van der Waals surface area contributed by atoms with Gasteiger partial charge in [0.15, 0.2) is 12.6 Å². The van der Waals surface area contributed by atoms with E-state index >= 15 is 0 Å². The summed E-state index contributed by atoms with van der Waals surface area (Å²) in [5.41, 5.74) is 0. The quantitative estimate of drug-likeness (QED) is 0.238. The zero-order chi connectivity index (χ0) is 20.3. The predicted octanol–water partition coefficient (Wildman–Crippen LogP) is -4.17. The van der Waals surface area contributed by atoms with Crippen molar-refractivity contribution in [3.63, 3.8) is 0 Å². The summed E-state index contributed by atoms with van der Waals surface area (Å²) in [5, 5.41) is 59.6. The van der Waals surface area contributed by atoms with Gasteiger partial charge < -0.3 is 54.3 Å². The lowest BCUT2D eigenvalue weighted by atomic mass is 9.97. The van der Waals surface area contributed by atoms with E-state index in [0.29, 0.717) is 0 Å². The van der Waals surface area contributed by atoms with Crippen LogP contribution < -0.4 is 0 Å². The molecule has 158 valence electrons. The largest absolute Gasteiger partial charge is 0.463 e. The minimum atomic E-state index is -1.72. The average molecular weight is 398 g/mol. The fraction of sp³-hybridized carbons (Fsp3) is 0.933. The van der Waals surface area contributed by atoms with Crippen LogP contribution in [0.3, 0.4) is 0 Å². The molecule has 27 heavy (non-hydrogen) atoms. The molecule has 0 aromatic rings. The molecule has 0 aromatic heterocycles. The summed E-state index contributed by atoms with van der Waals surface area (Å²) in [5.74, 6) is -0.614. The zero-order valence-corrected chi connectivity index (χ0v) is 14.8. The van der Waals surface area contributed by atoms with Crippen molar-refractivity contribution in [3.05, 3.63) is 0 Å². The Bertz CT molecular complexity index is 487. The molecule has 12 nitrogen and oxygen atoms in total. The maximum absolute atomic E-state index is 11.0. The van der Waals surface area contributed by atoms with Crippen LogP contribution in [0, 0.1) is 0 Å². The molecule has 2 heterocycles. The third kappa shape index (κ3) is 4.92. The number of aliphatic hydroxyl groups excluding tert-OH is 6. The number of hydrogen-bond acceptors (Lipinski definition) is 12. The van der Waals surface area contributed by atoms with E-state index in [0.717, 1.165) is 0 Å². The molecule has 0 amide bonds. The molecule has 0 aromatic carbocycles. The monoisotopic (exact) mass is 398 g/mol. The summed E-state index contributed by atoms with van der Waals surface area (Å²) in [4.78, 5) is 11.0. The van der Waals surface area contributed by atoms with Gasteiger partial charge in [0.2, 0.25) is 0 Å². The minimum absolute atomic E-state index is 0.350. The highest BCUT2D eigenvalue weighted by Crippen LogP contribution is 2.29. The Balaban J connectivity index is 2.14. The lowest BCUT2D eigenvalue weighted by Crippen LogP contribution is -2.64. The highest BCUT2D eigenvalue weighted by Gasteiger charge is 2.50. The number of carbonyl (C=O) groups excluding carboxylic acids is 1. The molecule has 2 aliphatic heterocycles. The number of esters is 1. The molecule has 6 N–H and O–H groups in total. The van der Waals surface area contributed by atoms with E-state index in [2.05, 4.69) is 0 Å². The molecule has 2 saturated heterocycles.